The number of nitrogens with two attached hydrogens (primary N) is 1. The Bertz CT molecular complexity index is 2250. The Morgan fingerprint density at radius 2 is 1.74 bits per heavy atom. The molecule has 6 N–H and O–H groups in total. The molecule has 0 spiro atoms. The van der Waals surface area contributed by atoms with Crippen LogP contribution in [0.5, 0.6) is 5.75 Å². The zero-order valence-corrected chi connectivity index (χ0v) is 26.5. The van der Waals surface area contributed by atoms with Crippen molar-refractivity contribution in [1.82, 2.24) is 29.1 Å². The molecule has 0 aliphatic carbocycles. The number of pyridine rings is 1. The van der Waals surface area contributed by atoms with Crippen LogP contribution in [0.25, 0.3) is 22.3 Å². The highest BCUT2D eigenvalue weighted by Gasteiger charge is 2.23. The average Bonchev–Trinajstić information content (AvgIpc) is 3.43. The number of para-hydroxylation sites is 1. The number of anilines is 4. The molecule has 0 aliphatic rings. The predicted octanol–water partition coefficient (Wildman–Crippen LogP) is 4.34. The molecule has 0 aliphatic heterocycles. The molecule has 1 atom stereocenters. The van der Waals surface area contributed by atoms with Crippen LogP contribution in [0.15, 0.2) is 95.1 Å². The average molecular weight is 653 g/mol. The highest BCUT2D eigenvalue weighted by Crippen LogP contribution is 2.36. The summed E-state index contributed by atoms with van der Waals surface area (Å²) in [6, 6.07) is 17.2. The fourth-order valence-corrected chi connectivity index (χ4v) is 6.28. The van der Waals surface area contributed by atoms with Gasteiger partial charge in [0.2, 0.25) is 0 Å². The molecule has 0 unspecified atom stereocenters. The van der Waals surface area contributed by atoms with E-state index < -0.39 is 16.1 Å². The number of sulfonamides is 1. The standard InChI is InChI=1S/C32H32N10O4S/c1-4-34-29-25(40-47(45,46)24-12-10-23(43)11-13-24)16-21(17-35-29)26-28(33)36-18-37-30(26)38-20(3)31-39-41-15-14-19(2)27(41)32(44)42(31)22-8-6-5-7-9-22/h5-18,20,40,43H,4H2,1-3H3,(H,34,35)(H3,33,36,37,38)/t20-/m0/s1. The van der Waals surface area contributed by atoms with Crippen molar-refractivity contribution in [3.63, 3.8) is 0 Å². The Morgan fingerprint density at radius 3 is 2.47 bits per heavy atom. The van der Waals surface area contributed by atoms with Crippen LogP contribution in [0, 0.1) is 6.92 Å². The Balaban J connectivity index is 1.42. The van der Waals surface area contributed by atoms with E-state index >= 15 is 0 Å². The van der Waals surface area contributed by atoms with Crippen molar-refractivity contribution in [2.45, 2.75) is 31.7 Å². The number of nitrogens with zero attached hydrogens (tertiary/aromatic N) is 6. The number of nitrogens with one attached hydrogen (secondary N) is 3. The summed E-state index contributed by atoms with van der Waals surface area (Å²) in [5, 5.41) is 20.8. The molecule has 14 nitrogen and oxygen atoms in total. The number of aryl methyl sites for hydroxylation is 1. The molecule has 4 heterocycles. The van der Waals surface area contributed by atoms with Gasteiger partial charge in [-0.15, -0.1) is 0 Å². The zero-order valence-electron chi connectivity index (χ0n) is 25.7. The van der Waals surface area contributed by atoms with Gasteiger partial charge in [0.1, 0.15) is 35.0 Å². The lowest BCUT2D eigenvalue weighted by Crippen LogP contribution is -2.29. The fourth-order valence-electron chi connectivity index (χ4n) is 5.22. The van der Waals surface area contributed by atoms with Crippen molar-refractivity contribution < 1.29 is 13.5 Å². The molecule has 47 heavy (non-hydrogen) atoms. The SMILES string of the molecule is CCNc1ncc(-c2c(N)ncnc2N[C@@H](C)c2nn3ccc(C)c3c(=O)n2-c2ccccc2)cc1NS(=O)(=O)c1ccc(O)cc1. The molecular weight excluding hydrogens is 620 g/mol. The van der Waals surface area contributed by atoms with Crippen molar-refractivity contribution >= 4 is 38.7 Å². The highest BCUT2D eigenvalue weighted by molar-refractivity contribution is 7.92. The Kier molecular flexibility index (Phi) is 8.22. The predicted molar refractivity (Wildman–Crippen MR) is 180 cm³/mol. The first-order chi connectivity index (χ1) is 22.6. The number of aromatic hydroxyl groups is 1. The molecule has 0 saturated heterocycles. The molecule has 4 aromatic heterocycles. The van der Waals surface area contributed by atoms with Crippen LogP contribution in [0.3, 0.4) is 0 Å². The Morgan fingerprint density at radius 1 is 1.00 bits per heavy atom. The summed E-state index contributed by atoms with van der Waals surface area (Å²) in [4.78, 5) is 26.9. The number of hydrogen-bond donors (Lipinski definition) is 5. The zero-order chi connectivity index (χ0) is 33.3. The third kappa shape index (κ3) is 6.03. The van der Waals surface area contributed by atoms with Crippen LogP contribution in [-0.2, 0) is 10.0 Å². The number of fused-ring (bicyclic) bond motifs is 1. The van der Waals surface area contributed by atoms with Crippen LogP contribution in [0.4, 0.5) is 23.1 Å². The van der Waals surface area contributed by atoms with E-state index in [1.165, 1.54) is 36.8 Å². The lowest BCUT2D eigenvalue weighted by molar-refractivity contribution is 0.475. The lowest BCUT2D eigenvalue weighted by atomic mass is 10.1. The van der Waals surface area contributed by atoms with Gasteiger partial charge in [-0.05, 0) is 74.9 Å². The molecule has 6 aromatic rings. The van der Waals surface area contributed by atoms with E-state index in [0.29, 0.717) is 46.3 Å². The van der Waals surface area contributed by atoms with E-state index in [0.717, 1.165) is 5.56 Å². The lowest BCUT2D eigenvalue weighted by Gasteiger charge is -2.21. The van der Waals surface area contributed by atoms with Gasteiger partial charge >= 0.3 is 0 Å². The summed E-state index contributed by atoms with van der Waals surface area (Å²) in [7, 11) is -4.06. The van der Waals surface area contributed by atoms with E-state index in [4.69, 9.17) is 10.8 Å². The first-order valence-corrected chi connectivity index (χ1v) is 16.1. The monoisotopic (exact) mass is 652 g/mol. The molecule has 2 aromatic carbocycles. The molecule has 240 valence electrons. The number of benzene rings is 2. The first-order valence-electron chi connectivity index (χ1n) is 14.7. The third-order valence-electron chi connectivity index (χ3n) is 7.46. The van der Waals surface area contributed by atoms with Gasteiger partial charge in [0, 0.05) is 24.5 Å². The van der Waals surface area contributed by atoms with Gasteiger partial charge in [0.25, 0.3) is 15.6 Å². The second-order valence-corrected chi connectivity index (χ2v) is 12.4. The number of nitrogen functional groups attached to an aromatic ring is 1. The minimum atomic E-state index is -4.06. The summed E-state index contributed by atoms with van der Waals surface area (Å²) < 4.78 is 32.3. The van der Waals surface area contributed by atoms with E-state index in [-0.39, 0.29) is 27.7 Å². The van der Waals surface area contributed by atoms with Crippen LogP contribution < -0.4 is 26.6 Å². The normalized spacial score (nSPS) is 12.1. The topological polar surface area (TPSA) is 194 Å². The van der Waals surface area contributed by atoms with Crippen molar-refractivity contribution in [3.8, 4) is 22.6 Å². The van der Waals surface area contributed by atoms with Gasteiger partial charge in [-0.25, -0.2) is 27.9 Å². The maximum Gasteiger partial charge on any atom is 0.282 e. The summed E-state index contributed by atoms with van der Waals surface area (Å²) in [5.41, 5.74) is 9.03. The van der Waals surface area contributed by atoms with Gasteiger partial charge < -0.3 is 21.5 Å². The minimum Gasteiger partial charge on any atom is -0.508 e. The molecule has 0 saturated carbocycles. The molecule has 6 rings (SSSR count). The second-order valence-electron chi connectivity index (χ2n) is 10.7. The minimum absolute atomic E-state index is 0.0475. The Hall–Kier alpha value is -5.96. The van der Waals surface area contributed by atoms with Crippen molar-refractivity contribution in [1.29, 1.82) is 0 Å². The maximum atomic E-state index is 13.8. The first kappa shape index (κ1) is 31.0. The van der Waals surface area contributed by atoms with Crippen molar-refractivity contribution in [2.24, 2.45) is 0 Å². The largest absolute Gasteiger partial charge is 0.508 e. The molecule has 0 bridgehead atoms. The van der Waals surface area contributed by atoms with E-state index in [1.807, 2.05) is 57.2 Å². The number of hydrogen-bond acceptors (Lipinski definition) is 11. The van der Waals surface area contributed by atoms with Crippen LogP contribution in [0.1, 0.15) is 31.3 Å². The van der Waals surface area contributed by atoms with Gasteiger partial charge in [-0.1, -0.05) is 18.2 Å². The summed E-state index contributed by atoms with van der Waals surface area (Å²) in [5.74, 6) is 1.07. The van der Waals surface area contributed by atoms with Crippen LogP contribution in [-0.4, -0.2) is 49.2 Å². The van der Waals surface area contributed by atoms with Gasteiger partial charge in [0.15, 0.2) is 5.82 Å². The maximum absolute atomic E-state index is 13.8. The van der Waals surface area contributed by atoms with Gasteiger partial charge in [0.05, 0.1) is 27.9 Å². The van der Waals surface area contributed by atoms with Crippen molar-refractivity contribution in [2.75, 3.05) is 27.6 Å². The van der Waals surface area contributed by atoms with Crippen LogP contribution in [0.2, 0.25) is 0 Å². The molecule has 0 amide bonds. The smallest absolute Gasteiger partial charge is 0.282 e. The Labute approximate surface area is 270 Å². The number of phenols is 1. The highest BCUT2D eigenvalue weighted by atomic mass is 32.2. The molecule has 0 fully saturated rings. The summed E-state index contributed by atoms with van der Waals surface area (Å²) in [6.45, 7) is 6.03. The summed E-state index contributed by atoms with van der Waals surface area (Å²) >= 11 is 0. The summed E-state index contributed by atoms with van der Waals surface area (Å²) in [6.07, 6.45) is 4.58. The van der Waals surface area contributed by atoms with E-state index in [1.54, 1.807) is 21.3 Å². The third-order valence-corrected chi connectivity index (χ3v) is 8.84. The molecule has 0 radical (unpaired) electrons. The van der Waals surface area contributed by atoms with Gasteiger partial charge in [-0.2, -0.15) is 5.10 Å². The van der Waals surface area contributed by atoms with Crippen molar-refractivity contribution in [3.05, 3.63) is 107 Å². The van der Waals surface area contributed by atoms with E-state index in [2.05, 4.69) is 30.3 Å². The molecule has 15 heteroatoms. The van der Waals surface area contributed by atoms with E-state index in [9.17, 15) is 18.3 Å². The number of phenolic OH excluding ortho intramolecular Hbond substituents is 1. The quantitative estimate of drug-likeness (QED) is 0.141. The molecular formula is C32H32N10O4S. The van der Waals surface area contributed by atoms with Gasteiger partial charge in [-0.3, -0.25) is 14.1 Å². The number of aromatic nitrogens is 6. The van der Waals surface area contributed by atoms with Crippen LogP contribution >= 0.6 is 0 Å². The fraction of sp³-hybridized carbons (Fsp3) is 0.156. The number of rotatable bonds is 10. The second kappa shape index (κ2) is 12.4.